The Kier molecular flexibility index (Phi) is 12.1. The molecule has 1 saturated heterocycles. The first-order chi connectivity index (χ1) is 16.5. The van der Waals surface area contributed by atoms with Crippen molar-refractivity contribution in [2.24, 2.45) is 0 Å². The lowest BCUT2D eigenvalue weighted by atomic mass is 10.0. The highest BCUT2D eigenvalue weighted by Crippen LogP contribution is 2.18. The van der Waals surface area contributed by atoms with Crippen molar-refractivity contribution in [3.63, 3.8) is 0 Å². The van der Waals surface area contributed by atoms with Crippen LogP contribution < -0.4 is 5.32 Å². The van der Waals surface area contributed by atoms with Crippen molar-refractivity contribution < 1.29 is 29.0 Å². The van der Waals surface area contributed by atoms with E-state index in [1.165, 1.54) is 68.0 Å². The molecule has 34 heavy (non-hydrogen) atoms. The number of rotatable bonds is 15. The number of carbonyl (C=O) groups excluding carboxylic acids is 3. The second-order valence-corrected chi connectivity index (χ2v) is 8.76. The average molecular weight is 475 g/mol. The fourth-order valence-electron chi connectivity index (χ4n) is 4.16. The van der Waals surface area contributed by atoms with Crippen molar-refractivity contribution in [2.45, 2.75) is 83.6 Å². The van der Waals surface area contributed by atoms with Crippen LogP contribution >= 0.6 is 0 Å². The number of benzene rings is 1. The molecule has 1 unspecified atom stereocenters. The Morgan fingerprint density at radius 2 is 1.56 bits per heavy atom. The number of esters is 1. The highest BCUT2D eigenvalue weighted by molar-refractivity contribution is 6.06. The fraction of sp³-hybridized carbons (Fsp3) is 0.615. The zero-order chi connectivity index (χ0) is 24.8. The number of aromatic carboxylic acids is 1. The van der Waals surface area contributed by atoms with E-state index in [1.807, 2.05) is 0 Å². The van der Waals surface area contributed by atoms with E-state index in [9.17, 15) is 24.3 Å². The van der Waals surface area contributed by atoms with Crippen LogP contribution in [0.2, 0.25) is 0 Å². The number of ether oxygens (including phenoxy) is 1. The van der Waals surface area contributed by atoms with Crippen molar-refractivity contribution in [3.8, 4) is 0 Å². The number of carboxylic acids is 1. The van der Waals surface area contributed by atoms with E-state index in [1.54, 1.807) is 6.07 Å². The van der Waals surface area contributed by atoms with Crippen molar-refractivity contribution in [3.05, 3.63) is 35.4 Å². The molecule has 0 radical (unpaired) electrons. The Morgan fingerprint density at radius 3 is 2.18 bits per heavy atom. The zero-order valence-corrected chi connectivity index (χ0v) is 20.2. The third-order valence-corrected chi connectivity index (χ3v) is 6.10. The van der Waals surface area contributed by atoms with Gasteiger partial charge in [-0.15, -0.1) is 0 Å². The Morgan fingerprint density at radius 1 is 0.971 bits per heavy atom. The molecule has 1 aliphatic rings. The monoisotopic (exact) mass is 474 g/mol. The molecule has 1 atom stereocenters. The summed E-state index contributed by atoms with van der Waals surface area (Å²) >= 11 is 0. The van der Waals surface area contributed by atoms with E-state index >= 15 is 0 Å². The van der Waals surface area contributed by atoms with Gasteiger partial charge in [-0.05, 0) is 18.6 Å². The Balaban J connectivity index is 1.77. The molecule has 8 heteroatoms. The number of piperazine rings is 1. The summed E-state index contributed by atoms with van der Waals surface area (Å²) in [7, 11) is 0. The third-order valence-electron chi connectivity index (χ3n) is 6.10. The van der Waals surface area contributed by atoms with Gasteiger partial charge in [-0.3, -0.25) is 14.4 Å². The molecule has 188 valence electrons. The molecule has 8 nitrogen and oxygen atoms in total. The lowest BCUT2D eigenvalue weighted by molar-refractivity contribution is -0.147. The molecule has 1 aromatic rings. The van der Waals surface area contributed by atoms with Gasteiger partial charge in [0, 0.05) is 13.1 Å². The number of unbranched alkanes of at least 4 members (excludes halogenated alkanes) is 9. The van der Waals surface area contributed by atoms with Gasteiger partial charge in [0.15, 0.2) is 0 Å². The van der Waals surface area contributed by atoms with Gasteiger partial charge >= 0.3 is 11.9 Å². The number of hydrogen-bond donors (Lipinski definition) is 2. The SMILES string of the molecule is CCCCCCCCCCCCOC(=O)CC1C(=O)NCCN1C(=O)c1ccccc1C(=O)O. The van der Waals surface area contributed by atoms with Gasteiger partial charge in [-0.25, -0.2) is 4.79 Å². The second-order valence-electron chi connectivity index (χ2n) is 8.76. The lowest BCUT2D eigenvalue weighted by Crippen LogP contribution is -2.58. The van der Waals surface area contributed by atoms with Crippen LogP contribution in [0.15, 0.2) is 24.3 Å². The first kappa shape index (κ1) is 27.3. The summed E-state index contributed by atoms with van der Waals surface area (Å²) in [5, 5.41) is 12.1. The quantitative estimate of drug-likeness (QED) is 0.291. The first-order valence-electron chi connectivity index (χ1n) is 12.5. The van der Waals surface area contributed by atoms with Gasteiger partial charge in [0.25, 0.3) is 5.91 Å². The van der Waals surface area contributed by atoms with Gasteiger partial charge in [-0.2, -0.15) is 0 Å². The van der Waals surface area contributed by atoms with Crippen LogP contribution in [0.1, 0.15) is 98.3 Å². The molecule has 0 saturated carbocycles. The third kappa shape index (κ3) is 8.80. The summed E-state index contributed by atoms with van der Waals surface area (Å²) in [5.74, 6) is -2.79. The van der Waals surface area contributed by atoms with Gasteiger partial charge in [0.1, 0.15) is 6.04 Å². The van der Waals surface area contributed by atoms with Crippen LogP contribution in [0.5, 0.6) is 0 Å². The smallest absolute Gasteiger partial charge is 0.336 e. The highest BCUT2D eigenvalue weighted by atomic mass is 16.5. The molecule has 1 aromatic carbocycles. The summed E-state index contributed by atoms with van der Waals surface area (Å²) in [6.45, 7) is 2.94. The predicted molar refractivity (Wildman–Crippen MR) is 129 cm³/mol. The number of carboxylic acid groups (broad SMARTS) is 1. The number of hydrogen-bond acceptors (Lipinski definition) is 5. The van der Waals surface area contributed by atoms with E-state index in [0.717, 1.165) is 19.3 Å². The number of amides is 2. The van der Waals surface area contributed by atoms with E-state index < -0.39 is 29.8 Å². The minimum Gasteiger partial charge on any atom is -0.478 e. The minimum absolute atomic E-state index is 0.00608. The molecule has 1 fully saturated rings. The number of carbonyl (C=O) groups is 4. The Labute approximate surface area is 202 Å². The maximum absolute atomic E-state index is 13.1. The molecular formula is C26H38N2O6. The molecular weight excluding hydrogens is 436 g/mol. The normalized spacial score (nSPS) is 15.6. The molecule has 2 N–H and O–H groups in total. The van der Waals surface area contributed by atoms with Gasteiger partial charge < -0.3 is 20.1 Å². The van der Waals surface area contributed by atoms with Gasteiger partial charge in [0.05, 0.1) is 24.2 Å². The largest absolute Gasteiger partial charge is 0.478 e. The maximum atomic E-state index is 13.1. The molecule has 0 aliphatic carbocycles. The Hall–Kier alpha value is -2.90. The summed E-state index contributed by atoms with van der Waals surface area (Å²) < 4.78 is 5.31. The van der Waals surface area contributed by atoms with Gasteiger partial charge in [0.2, 0.25) is 5.91 Å². The fourth-order valence-corrected chi connectivity index (χ4v) is 4.16. The second kappa shape index (κ2) is 15.1. The summed E-state index contributed by atoms with van der Waals surface area (Å²) in [5.41, 5.74) is -0.144. The van der Waals surface area contributed by atoms with E-state index in [-0.39, 0.29) is 30.6 Å². The first-order valence-corrected chi connectivity index (χ1v) is 12.5. The van der Waals surface area contributed by atoms with Crippen LogP contribution in [0.25, 0.3) is 0 Å². The molecule has 2 amide bonds. The van der Waals surface area contributed by atoms with Crippen molar-refractivity contribution in [1.82, 2.24) is 10.2 Å². The maximum Gasteiger partial charge on any atom is 0.336 e. The van der Waals surface area contributed by atoms with E-state index in [0.29, 0.717) is 6.61 Å². The minimum atomic E-state index is -1.22. The number of nitrogens with zero attached hydrogens (tertiary/aromatic N) is 1. The van der Waals surface area contributed by atoms with Crippen LogP contribution in [-0.2, 0) is 14.3 Å². The molecule has 2 rings (SSSR count). The van der Waals surface area contributed by atoms with Crippen LogP contribution in [-0.4, -0.2) is 59.5 Å². The standard InChI is InChI=1S/C26H38N2O6/c1-2-3-4-5-6-7-8-9-10-13-18-34-23(29)19-22-24(30)27-16-17-28(22)25(31)20-14-11-12-15-21(20)26(32)33/h11-12,14-15,22H,2-10,13,16-19H2,1H3,(H,27,30)(H,32,33). The summed E-state index contributed by atoms with van der Waals surface area (Å²) in [4.78, 5) is 50.6. The van der Waals surface area contributed by atoms with Crippen LogP contribution in [0.3, 0.4) is 0 Å². The van der Waals surface area contributed by atoms with Crippen molar-refractivity contribution in [1.29, 1.82) is 0 Å². The van der Waals surface area contributed by atoms with Crippen LogP contribution in [0.4, 0.5) is 0 Å². The molecule has 0 bridgehead atoms. The summed E-state index contributed by atoms with van der Waals surface area (Å²) in [6.07, 6.45) is 11.5. The van der Waals surface area contributed by atoms with E-state index in [2.05, 4.69) is 12.2 Å². The molecule has 0 aromatic heterocycles. The molecule has 0 spiro atoms. The average Bonchev–Trinajstić information content (AvgIpc) is 2.83. The lowest BCUT2D eigenvalue weighted by Gasteiger charge is -2.34. The molecule has 1 heterocycles. The van der Waals surface area contributed by atoms with Gasteiger partial charge in [-0.1, -0.05) is 76.8 Å². The van der Waals surface area contributed by atoms with Crippen molar-refractivity contribution >= 4 is 23.8 Å². The Bertz CT molecular complexity index is 825. The highest BCUT2D eigenvalue weighted by Gasteiger charge is 2.36. The van der Waals surface area contributed by atoms with Crippen LogP contribution in [0, 0.1) is 0 Å². The number of nitrogens with one attached hydrogen (secondary N) is 1. The topological polar surface area (TPSA) is 113 Å². The zero-order valence-electron chi connectivity index (χ0n) is 20.2. The summed E-state index contributed by atoms with van der Waals surface area (Å²) in [6, 6.07) is 4.84. The molecule has 1 aliphatic heterocycles. The van der Waals surface area contributed by atoms with Crippen molar-refractivity contribution in [2.75, 3.05) is 19.7 Å². The van der Waals surface area contributed by atoms with E-state index in [4.69, 9.17) is 4.74 Å². The predicted octanol–water partition coefficient (Wildman–Crippen LogP) is 4.18.